The molecule has 2 nitrogen and oxygen atoms in total. The Bertz CT molecular complexity index is 689. The van der Waals surface area contributed by atoms with Crippen molar-refractivity contribution in [3.8, 4) is 11.8 Å². The van der Waals surface area contributed by atoms with Crippen molar-refractivity contribution in [2.45, 2.75) is 0 Å². The van der Waals surface area contributed by atoms with E-state index in [-0.39, 0.29) is 16.9 Å². The summed E-state index contributed by atoms with van der Waals surface area (Å²) >= 11 is 1.99. The molecule has 0 saturated heterocycles. The minimum Gasteiger partial charge on any atom is -0.507 e. The zero-order valence-corrected chi connectivity index (χ0v) is 11.9. The van der Waals surface area contributed by atoms with Gasteiger partial charge >= 0.3 is 0 Å². The first-order valence-electron chi connectivity index (χ1n) is 5.47. The molecule has 19 heavy (non-hydrogen) atoms. The number of phenolic OH excluding ortho intramolecular Hbond substituents is 1. The Morgan fingerprint density at radius 2 is 2.00 bits per heavy atom. The molecule has 0 aromatic heterocycles. The van der Waals surface area contributed by atoms with E-state index < -0.39 is 5.82 Å². The second kappa shape index (κ2) is 5.85. The van der Waals surface area contributed by atoms with E-state index in [4.69, 9.17) is 5.26 Å². The molecule has 0 amide bonds. The normalized spacial score (nSPS) is 11.1. The second-order valence-electron chi connectivity index (χ2n) is 3.86. The van der Waals surface area contributed by atoms with Gasteiger partial charge in [-0.25, -0.2) is 4.39 Å². The Morgan fingerprint density at radius 3 is 2.63 bits per heavy atom. The number of rotatable bonds is 2. The summed E-state index contributed by atoms with van der Waals surface area (Å²) in [4.78, 5) is 0. The van der Waals surface area contributed by atoms with Gasteiger partial charge in [-0.05, 0) is 52.4 Å². The number of hydrogen-bond acceptors (Lipinski definition) is 2. The highest BCUT2D eigenvalue weighted by atomic mass is 127. The van der Waals surface area contributed by atoms with Crippen LogP contribution in [0.3, 0.4) is 0 Å². The highest BCUT2D eigenvalue weighted by molar-refractivity contribution is 14.1. The zero-order chi connectivity index (χ0) is 13.8. The van der Waals surface area contributed by atoms with Gasteiger partial charge < -0.3 is 5.11 Å². The minimum atomic E-state index is -0.427. The van der Waals surface area contributed by atoms with Crippen LogP contribution in [0.15, 0.2) is 42.5 Å². The van der Waals surface area contributed by atoms with Crippen LogP contribution in [0.1, 0.15) is 11.1 Å². The van der Waals surface area contributed by atoms with E-state index in [9.17, 15) is 9.50 Å². The molecule has 0 aliphatic carbocycles. The van der Waals surface area contributed by atoms with Crippen molar-refractivity contribution in [2.24, 2.45) is 0 Å². The first kappa shape index (κ1) is 13.6. The molecule has 0 aliphatic heterocycles. The van der Waals surface area contributed by atoms with Gasteiger partial charge in [0, 0.05) is 5.56 Å². The van der Waals surface area contributed by atoms with Crippen LogP contribution < -0.4 is 0 Å². The van der Waals surface area contributed by atoms with Gasteiger partial charge in [0.2, 0.25) is 0 Å². The van der Waals surface area contributed by atoms with E-state index >= 15 is 0 Å². The Balaban J connectivity index is 2.48. The van der Waals surface area contributed by atoms with Gasteiger partial charge in [0.05, 0.1) is 15.2 Å². The molecule has 2 aromatic rings. The van der Waals surface area contributed by atoms with Gasteiger partial charge in [-0.2, -0.15) is 5.26 Å². The topological polar surface area (TPSA) is 44.0 Å². The number of hydrogen-bond donors (Lipinski definition) is 1. The van der Waals surface area contributed by atoms with Gasteiger partial charge in [-0.3, -0.25) is 0 Å². The summed E-state index contributed by atoms with van der Waals surface area (Å²) in [6.45, 7) is 0. The van der Waals surface area contributed by atoms with Crippen molar-refractivity contribution in [2.75, 3.05) is 0 Å². The quantitative estimate of drug-likeness (QED) is 0.493. The SMILES string of the molecule is N#C/C(=C/c1ccc(O)c(I)c1)c1ccccc1F. The number of phenols is 1. The molecule has 0 heterocycles. The van der Waals surface area contributed by atoms with E-state index in [1.807, 2.05) is 28.7 Å². The van der Waals surface area contributed by atoms with Crippen LogP contribution >= 0.6 is 22.6 Å². The largest absolute Gasteiger partial charge is 0.507 e. The standard InChI is InChI=1S/C15H9FINO/c16-13-4-2-1-3-12(13)11(9-18)7-10-5-6-15(19)14(17)8-10/h1-8,19H/b11-7-. The van der Waals surface area contributed by atoms with E-state index in [0.717, 1.165) is 5.56 Å². The summed E-state index contributed by atoms with van der Waals surface area (Å²) in [5, 5.41) is 18.6. The molecule has 0 spiro atoms. The Morgan fingerprint density at radius 1 is 1.26 bits per heavy atom. The number of benzene rings is 2. The molecule has 0 unspecified atom stereocenters. The molecule has 0 atom stereocenters. The van der Waals surface area contributed by atoms with Crippen LogP contribution in [0.5, 0.6) is 5.75 Å². The van der Waals surface area contributed by atoms with Crippen LogP contribution in [0.2, 0.25) is 0 Å². The van der Waals surface area contributed by atoms with Crippen molar-refractivity contribution < 1.29 is 9.50 Å². The molecule has 2 rings (SSSR count). The Hall–Kier alpha value is -1.87. The van der Waals surface area contributed by atoms with Gasteiger partial charge in [0.25, 0.3) is 0 Å². The molecular weight excluding hydrogens is 356 g/mol. The first-order chi connectivity index (χ1) is 9.11. The fraction of sp³-hybridized carbons (Fsp3) is 0. The van der Waals surface area contributed by atoms with Crippen LogP contribution in [-0.4, -0.2) is 5.11 Å². The maximum atomic E-state index is 13.6. The fourth-order valence-electron chi connectivity index (χ4n) is 1.63. The predicted molar refractivity (Wildman–Crippen MR) is 80.7 cm³/mol. The van der Waals surface area contributed by atoms with E-state index in [1.54, 1.807) is 42.5 Å². The zero-order valence-electron chi connectivity index (χ0n) is 9.77. The average molecular weight is 365 g/mol. The predicted octanol–water partition coefficient (Wildman–Crippen LogP) is 4.20. The number of halogens is 2. The first-order valence-corrected chi connectivity index (χ1v) is 6.55. The smallest absolute Gasteiger partial charge is 0.131 e. The lowest BCUT2D eigenvalue weighted by atomic mass is 10.0. The van der Waals surface area contributed by atoms with Crippen LogP contribution in [-0.2, 0) is 0 Å². The lowest BCUT2D eigenvalue weighted by Gasteiger charge is -2.02. The molecular formula is C15H9FINO. The molecule has 4 heteroatoms. The summed E-state index contributed by atoms with van der Waals surface area (Å²) in [6, 6.07) is 13.1. The van der Waals surface area contributed by atoms with E-state index in [1.165, 1.54) is 6.07 Å². The number of nitrogens with zero attached hydrogens (tertiary/aromatic N) is 1. The number of allylic oxidation sites excluding steroid dienone is 1. The fourth-order valence-corrected chi connectivity index (χ4v) is 2.17. The minimum absolute atomic E-state index is 0.183. The third kappa shape index (κ3) is 3.12. The molecule has 94 valence electrons. The third-order valence-electron chi connectivity index (χ3n) is 2.57. The molecule has 0 aliphatic rings. The molecule has 0 saturated carbocycles. The van der Waals surface area contributed by atoms with Crippen molar-refractivity contribution in [1.29, 1.82) is 5.26 Å². The van der Waals surface area contributed by atoms with Gasteiger partial charge in [-0.1, -0.05) is 24.3 Å². The number of aromatic hydroxyl groups is 1. The summed E-state index contributed by atoms with van der Waals surface area (Å²) in [6.07, 6.45) is 1.60. The summed E-state index contributed by atoms with van der Waals surface area (Å²) in [7, 11) is 0. The third-order valence-corrected chi connectivity index (χ3v) is 3.43. The van der Waals surface area contributed by atoms with Crippen LogP contribution in [0, 0.1) is 20.7 Å². The van der Waals surface area contributed by atoms with Gasteiger partial charge in [0.15, 0.2) is 0 Å². The molecule has 2 aromatic carbocycles. The summed E-state index contributed by atoms with van der Waals surface area (Å²) in [5.41, 5.74) is 1.26. The van der Waals surface area contributed by atoms with Gasteiger partial charge in [-0.15, -0.1) is 0 Å². The Labute approximate surface area is 124 Å². The second-order valence-corrected chi connectivity index (χ2v) is 5.02. The van der Waals surface area contributed by atoms with Crippen molar-refractivity contribution in [3.63, 3.8) is 0 Å². The highest BCUT2D eigenvalue weighted by Crippen LogP contribution is 2.24. The summed E-state index contributed by atoms with van der Waals surface area (Å²) in [5.74, 6) is -0.245. The molecule has 0 radical (unpaired) electrons. The maximum absolute atomic E-state index is 13.6. The molecule has 0 bridgehead atoms. The lowest BCUT2D eigenvalue weighted by molar-refractivity contribution is 0.471. The lowest BCUT2D eigenvalue weighted by Crippen LogP contribution is -1.87. The van der Waals surface area contributed by atoms with E-state index in [2.05, 4.69) is 0 Å². The maximum Gasteiger partial charge on any atom is 0.131 e. The van der Waals surface area contributed by atoms with Crippen molar-refractivity contribution >= 4 is 34.2 Å². The van der Waals surface area contributed by atoms with Crippen molar-refractivity contribution in [1.82, 2.24) is 0 Å². The van der Waals surface area contributed by atoms with Gasteiger partial charge in [0.1, 0.15) is 11.6 Å². The average Bonchev–Trinajstić information content (AvgIpc) is 2.41. The summed E-state index contributed by atoms with van der Waals surface area (Å²) < 4.78 is 14.3. The van der Waals surface area contributed by atoms with E-state index in [0.29, 0.717) is 3.57 Å². The van der Waals surface area contributed by atoms with Crippen molar-refractivity contribution in [3.05, 3.63) is 63.0 Å². The highest BCUT2D eigenvalue weighted by Gasteiger charge is 2.07. The van der Waals surface area contributed by atoms with Crippen LogP contribution in [0.4, 0.5) is 4.39 Å². The molecule has 0 fully saturated rings. The molecule has 1 N–H and O–H groups in total. The van der Waals surface area contributed by atoms with Crippen LogP contribution in [0.25, 0.3) is 11.6 Å². The number of nitriles is 1. The Kier molecular flexibility index (Phi) is 4.17. The monoisotopic (exact) mass is 365 g/mol.